The SMILES string of the molecule is CCCCS(=O)(=O)NCC1CCCCC1CCl. The first-order valence-electron chi connectivity index (χ1n) is 6.62. The smallest absolute Gasteiger partial charge is 0.211 e. The Hall–Kier alpha value is 0.200. The van der Waals surface area contributed by atoms with Gasteiger partial charge in [0.25, 0.3) is 0 Å². The van der Waals surface area contributed by atoms with E-state index in [9.17, 15) is 8.42 Å². The van der Waals surface area contributed by atoms with E-state index >= 15 is 0 Å². The Morgan fingerprint density at radius 3 is 2.47 bits per heavy atom. The van der Waals surface area contributed by atoms with Crippen LogP contribution < -0.4 is 4.72 Å². The van der Waals surface area contributed by atoms with Crippen LogP contribution in [0.15, 0.2) is 0 Å². The van der Waals surface area contributed by atoms with E-state index < -0.39 is 10.0 Å². The summed E-state index contributed by atoms with van der Waals surface area (Å²) in [5, 5.41) is 0. The molecule has 1 fully saturated rings. The normalized spacial score (nSPS) is 26.0. The summed E-state index contributed by atoms with van der Waals surface area (Å²) in [6.45, 7) is 2.57. The summed E-state index contributed by atoms with van der Waals surface area (Å²) in [6, 6.07) is 0. The number of hydrogen-bond acceptors (Lipinski definition) is 2. The zero-order valence-electron chi connectivity index (χ0n) is 10.6. The van der Waals surface area contributed by atoms with Gasteiger partial charge in [0, 0.05) is 12.4 Å². The Morgan fingerprint density at radius 1 is 1.24 bits per heavy atom. The summed E-state index contributed by atoms with van der Waals surface area (Å²) in [5.74, 6) is 1.82. The molecule has 0 radical (unpaired) electrons. The Labute approximate surface area is 110 Å². The van der Waals surface area contributed by atoms with Gasteiger partial charge in [0.1, 0.15) is 0 Å². The lowest BCUT2D eigenvalue weighted by atomic mass is 9.80. The van der Waals surface area contributed by atoms with Gasteiger partial charge in [-0.15, -0.1) is 11.6 Å². The molecule has 0 aromatic heterocycles. The summed E-state index contributed by atoms with van der Waals surface area (Å²) < 4.78 is 26.1. The number of rotatable bonds is 7. The topological polar surface area (TPSA) is 46.2 Å². The fourth-order valence-corrected chi connectivity index (χ4v) is 4.08. The first kappa shape index (κ1) is 15.3. The van der Waals surface area contributed by atoms with Crippen molar-refractivity contribution in [1.29, 1.82) is 0 Å². The van der Waals surface area contributed by atoms with Crippen molar-refractivity contribution >= 4 is 21.6 Å². The maximum Gasteiger partial charge on any atom is 0.211 e. The van der Waals surface area contributed by atoms with Crippen LogP contribution in [0.3, 0.4) is 0 Å². The molecule has 2 atom stereocenters. The molecule has 0 amide bonds. The molecule has 5 heteroatoms. The lowest BCUT2D eigenvalue weighted by molar-refractivity contribution is 0.260. The van der Waals surface area contributed by atoms with Crippen molar-refractivity contribution in [3.05, 3.63) is 0 Å². The minimum absolute atomic E-state index is 0.252. The van der Waals surface area contributed by atoms with E-state index in [1.807, 2.05) is 6.92 Å². The second kappa shape index (κ2) is 7.59. The summed E-state index contributed by atoms with van der Waals surface area (Å²) >= 11 is 5.93. The van der Waals surface area contributed by atoms with Crippen LogP contribution in [0.2, 0.25) is 0 Å². The number of alkyl halides is 1. The molecule has 17 heavy (non-hydrogen) atoms. The maximum atomic E-state index is 11.7. The van der Waals surface area contributed by atoms with Gasteiger partial charge in [0.2, 0.25) is 10.0 Å². The predicted molar refractivity (Wildman–Crippen MR) is 72.9 cm³/mol. The van der Waals surface area contributed by atoms with Crippen LogP contribution in [-0.2, 0) is 10.0 Å². The van der Waals surface area contributed by atoms with Crippen molar-refractivity contribution in [2.24, 2.45) is 11.8 Å². The highest BCUT2D eigenvalue weighted by atomic mass is 35.5. The molecule has 1 aliphatic rings. The maximum absolute atomic E-state index is 11.7. The molecule has 0 aromatic rings. The number of sulfonamides is 1. The molecular weight excluding hydrogens is 258 g/mol. The van der Waals surface area contributed by atoms with Crippen LogP contribution in [0.5, 0.6) is 0 Å². The van der Waals surface area contributed by atoms with E-state index in [1.54, 1.807) is 0 Å². The third-order valence-electron chi connectivity index (χ3n) is 3.60. The first-order chi connectivity index (χ1) is 8.09. The van der Waals surface area contributed by atoms with Gasteiger partial charge in [-0.05, 0) is 31.1 Å². The van der Waals surface area contributed by atoms with Gasteiger partial charge < -0.3 is 0 Å². The Kier molecular flexibility index (Phi) is 6.82. The summed E-state index contributed by atoms with van der Waals surface area (Å²) in [4.78, 5) is 0. The first-order valence-corrected chi connectivity index (χ1v) is 8.81. The van der Waals surface area contributed by atoms with Gasteiger partial charge in [-0.3, -0.25) is 0 Å². The zero-order chi connectivity index (χ0) is 12.7. The molecule has 0 bridgehead atoms. The molecule has 1 saturated carbocycles. The van der Waals surface area contributed by atoms with E-state index in [4.69, 9.17) is 11.6 Å². The minimum Gasteiger partial charge on any atom is -0.215 e. The lowest BCUT2D eigenvalue weighted by Gasteiger charge is -2.30. The van der Waals surface area contributed by atoms with E-state index in [0.29, 0.717) is 24.3 Å². The zero-order valence-corrected chi connectivity index (χ0v) is 12.2. The molecule has 0 aliphatic heterocycles. The van der Waals surface area contributed by atoms with Crippen molar-refractivity contribution in [3.8, 4) is 0 Å². The van der Waals surface area contributed by atoms with E-state index in [0.717, 1.165) is 25.7 Å². The quantitative estimate of drug-likeness (QED) is 0.730. The van der Waals surface area contributed by atoms with Crippen molar-refractivity contribution in [2.75, 3.05) is 18.2 Å². The molecule has 0 heterocycles. The monoisotopic (exact) mass is 281 g/mol. The summed E-state index contributed by atoms with van der Waals surface area (Å²) in [6.07, 6.45) is 6.33. The third-order valence-corrected chi connectivity index (χ3v) is 5.43. The van der Waals surface area contributed by atoms with E-state index in [-0.39, 0.29) is 5.75 Å². The van der Waals surface area contributed by atoms with Gasteiger partial charge in [-0.25, -0.2) is 13.1 Å². The van der Waals surface area contributed by atoms with Gasteiger partial charge in [-0.1, -0.05) is 26.2 Å². The second-order valence-corrected chi connectivity index (χ2v) is 7.21. The van der Waals surface area contributed by atoms with Crippen molar-refractivity contribution < 1.29 is 8.42 Å². The average Bonchev–Trinajstić information content (AvgIpc) is 2.34. The third kappa shape index (κ3) is 5.58. The van der Waals surface area contributed by atoms with Gasteiger partial charge >= 0.3 is 0 Å². The number of nitrogens with one attached hydrogen (secondary N) is 1. The Balaban J connectivity index is 2.37. The average molecular weight is 282 g/mol. The molecule has 2 unspecified atom stereocenters. The molecular formula is C12H24ClNO2S. The molecule has 1 rings (SSSR count). The highest BCUT2D eigenvalue weighted by Crippen LogP contribution is 2.30. The highest BCUT2D eigenvalue weighted by Gasteiger charge is 2.25. The fourth-order valence-electron chi connectivity index (χ4n) is 2.40. The molecule has 0 aromatic carbocycles. The van der Waals surface area contributed by atoms with Gasteiger partial charge in [0.05, 0.1) is 5.75 Å². The van der Waals surface area contributed by atoms with Crippen molar-refractivity contribution in [2.45, 2.75) is 45.4 Å². The molecule has 0 spiro atoms. The summed E-state index contributed by atoms with van der Waals surface area (Å²) in [5.41, 5.74) is 0. The number of hydrogen-bond donors (Lipinski definition) is 1. The molecule has 3 nitrogen and oxygen atoms in total. The number of unbranched alkanes of at least 4 members (excludes halogenated alkanes) is 1. The predicted octanol–water partition coefficient (Wildman–Crippen LogP) is 2.75. The van der Waals surface area contributed by atoms with Crippen molar-refractivity contribution in [1.82, 2.24) is 4.72 Å². The van der Waals surface area contributed by atoms with Crippen LogP contribution in [-0.4, -0.2) is 26.6 Å². The lowest BCUT2D eigenvalue weighted by Crippen LogP contribution is -2.36. The fraction of sp³-hybridized carbons (Fsp3) is 1.00. The van der Waals surface area contributed by atoms with Crippen LogP contribution in [0.25, 0.3) is 0 Å². The van der Waals surface area contributed by atoms with Gasteiger partial charge in [0.15, 0.2) is 0 Å². The Bertz CT molecular complexity index is 306. The van der Waals surface area contributed by atoms with Crippen LogP contribution in [0, 0.1) is 11.8 Å². The largest absolute Gasteiger partial charge is 0.215 e. The second-order valence-electron chi connectivity index (χ2n) is 4.98. The standard InChI is InChI=1S/C12H24ClNO2S/c1-2-3-8-17(15,16)14-10-12-7-5-4-6-11(12)9-13/h11-12,14H,2-10H2,1H3. The Morgan fingerprint density at radius 2 is 1.88 bits per heavy atom. The van der Waals surface area contributed by atoms with Crippen LogP contribution >= 0.6 is 11.6 Å². The molecule has 1 N–H and O–H groups in total. The van der Waals surface area contributed by atoms with Crippen molar-refractivity contribution in [3.63, 3.8) is 0 Å². The summed E-state index contributed by atoms with van der Waals surface area (Å²) in [7, 11) is -3.07. The van der Waals surface area contributed by atoms with Gasteiger partial charge in [-0.2, -0.15) is 0 Å². The van der Waals surface area contributed by atoms with E-state index in [2.05, 4.69) is 4.72 Å². The van der Waals surface area contributed by atoms with E-state index in [1.165, 1.54) is 12.8 Å². The van der Waals surface area contributed by atoms with Crippen LogP contribution in [0.1, 0.15) is 45.4 Å². The van der Waals surface area contributed by atoms with Crippen LogP contribution in [0.4, 0.5) is 0 Å². The molecule has 1 aliphatic carbocycles. The minimum atomic E-state index is -3.07. The molecule has 0 saturated heterocycles. The highest BCUT2D eigenvalue weighted by molar-refractivity contribution is 7.89. The number of halogens is 1. The molecule has 102 valence electrons.